The van der Waals surface area contributed by atoms with Crippen LogP contribution in [-0.2, 0) is 28.5 Å². The lowest BCUT2D eigenvalue weighted by Crippen LogP contribution is -2.48. The molecule has 2 aliphatic carbocycles. The van der Waals surface area contributed by atoms with Crippen molar-refractivity contribution in [2.75, 3.05) is 0 Å². The van der Waals surface area contributed by atoms with Gasteiger partial charge in [0, 0.05) is 11.8 Å². The van der Waals surface area contributed by atoms with Gasteiger partial charge in [0.1, 0.15) is 35.5 Å². The van der Waals surface area contributed by atoms with Crippen LogP contribution < -0.4 is 10.6 Å². The molecule has 0 aromatic heterocycles. The van der Waals surface area contributed by atoms with Crippen molar-refractivity contribution in [1.82, 2.24) is 10.6 Å². The molecule has 0 spiro atoms. The Labute approximate surface area is 194 Å². The van der Waals surface area contributed by atoms with E-state index in [0.717, 1.165) is 0 Å². The molecule has 0 radical (unpaired) electrons. The second-order valence-corrected chi connectivity index (χ2v) is 10.5. The number of rotatable bonds is 6. The summed E-state index contributed by atoms with van der Waals surface area (Å²) in [6.45, 7) is 13.3. The van der Waals surface area contributed by atoms with E-state index in [4.69, 9.17) is 18.9 Å². The van der Waals surface area contributed by atoms with E-state index in [1.165, 1.54) is 13.8 Å². The lowest BCUT2D eigenvalue weighted by Gasteiger charge is -2.30. The third-order valence-electron chi connectivity index (χ3n) is 5.00. The summed E-state index contributed by atoms with van der Waals surface area (Å²) >= 11 is 0. The number of amides is 2. The number of carbonyl (C=O) groups is 4. The first-order valence-electron chi connectivity index (χ1n) is 11.1. The third-order valence-corrected chi connectivity index (χ3v) is 5.00. The SMILES string of the molecule is CC(NC(=O)OC(C)(C)C)C(=O)OC1C2C=CC(C2)C1OC(=O)C(C)NC(=O)OC(C)(C)C. The van der Waals surface area contributed by atoms with E-state index >= 15 is 0 Å². The Bertz CT molecular complexity index is 731. The Hall–Kier alpha value is -2.78. The van der Waals surface area contributed by atoms with Gasteiger partial charge in [-0.05, 0) is 61.8 Å². The van der Waals surface area contributed by atoms with Crippen molar-refractivity contribution in [1.29, 1.82) is 0 Å². The first kappa shape index (κ1) is 26.5. The lowest BCUT2D eigenvalue weighted by molar-refractivity contribution is -0.171. The highest BCUT2D eigenvalue weighted by Gasteiger charge is 2.50. The van der Waals surface area contributed by atoms with Crippen LogP contribution in [0.4, 0.5) is 9.59 Å². The van der Waals surface area contributed by atoms with Crippen LogP contribution in [0.3, 0.4) is 0 Å². The maximum absolute atomic E-state index is 12.6. The molecule has 0 aromatic rings. The van der Waals surface area contributed by atoms with Crippen molar-refractivity contribution in [3.63, 3.8) is 0 Å². The second-order valence-electron chi connectivity index (χ2n) is 10.5. The van der Waals surface area contributed by atoms with Gasteiger partial charge in [-0.1, -0.05) is 12.2 Å². The highest BCUT2D eigenvalue weighted by atomic mass is 16.6. The summed E-state index contributed by atoms with van der Waals surface area (Å²) in [6.07, 6.45) is 1.70. The molecule has 0 aromatic carbocycles. The van der Waals surface area contributed by atoms with Gasteiger partial charge in [0.05, 0.1) is 0 Å². The van der Waals surface area contributed by atoms with Crippen molar-refractivity contribution in [3.05, 3.63) is 12.2 Å². The summed E-state index contributed by atoms with van der Waals surface area (Å²) in [4.78, 5) is 49.0. The van der Waals surface area contributed by atoms with Crippen LogP contribution in [0.15, 0.2) is 12.2 Å². The smallest absolute Gasteiger partial charge is 0.408 e. The number of carbonyl (C=O) groups excluding carboxylic acids is 4. The molecule has 0 saturated heterocycles. The molecule has 10 nitrogen and oxygen atoms in total. The summed E-state index contributed by atoms with van der Waals surface area (Å²) in [5, 5.41) is 4.89. The molecule has 10 heteroatoms. The molecule has 2 aliphatic rings. The largest absolute Gasteiger partial charge is 0.456 e. The van der Waals surface area contributed by atoms with Crippen LogP contribution in [0.5, 0.6) is 0 Å². The number of hydrogen-bond donors (Lipinski definition) is 2. The maximum atomic E-state index is 12.6. The summed E-state index contributed by atoms with van der Waals surface area (Å²) in [7, 11) is 0. The van der Waals surface area contributed by atoms with Gasteiger partial charge < -0.3 is 29.6 Å². The molecule has 0 aliphatic heterocycles. The van der Waals surface area contributed by atoms with Crippen molar-refractivity contribution < 1.29 is 38.1 Å². The predicted molar refractivity (Wildman–Crippen MR) is 118 cm³/mol. The van der Waals surface area contributed by atoms with E-state index in [1.807, 2.05) is 12.2 Å². The normalized spacial score (nSPS) is 25.6. The fourth-order valence-corrected chi connectivity index (χ4v) is 3.60. The summed E-state index contributed by atoms with van der Waals surface area (Å²) in [5.41, 5.74) is -1.40. The van der Waals surface area contributed by atoms with E-state index in [-0.39, 0.29) is 11.8 Å². The van der Waals surface area contributed by atoms with Gasteiger partial charge in [0.2, 0.25) is 0 Å². The molecule has 2 rings (SSSR count). The topological polar surface area (TPSA) is 129 Å². The lowest BCUT2D eigenvalue weighted by atomic mass is 10.0. The molecular formula is C23H36N2O8. The Morgan fingerprint density at radius 2 is 1.06 bits per heavy atom. The number of alkyl carbamates (subject to hydrolysis) is 2. The first-order valence-corrected chi connectivity index (χ1v) is 11.1. The van der Waals surface area contributed by atoms with Gasteiger partial charge in [0.25, 0.3) is 0 Å². The van der Waals surface area contributed by atoms with Crippen molar-refractivity contribution in [2.24, 2.45) is 11.8 Å². The van der Waals surface area contributed by atoms with Crippen molar-refractivity contribution in [3.8, 4) is 0 Å². The Morgan fingerprint density at radius 3 is 1.36 bits per heavy atom. The van der Waals surface area contributed by atoms with Crippen LogP contribution in [-0.4, -0.2) is 59.6 Å². The van der Waals surface area contributed by atoms with Gasteiger partial charge in [-0.15, -0.1) is 0 Å². The average molecular weight is 469 g/mol. The molecule has 0 heterocycles. The van der Waals surface area contributed by atoms with E-state index in [0.29, 0.717) is 6.42 Å². The molecule has 33 heavy (non-hydrogen) atoms. The first-order chi connectivity index (χ1) is 15.1. The summed E-state index contributed by atoms with van der Waals surface area (Å²) in [6, 6.07) is -1.90. The monoisotopic (exact) mass is 468 g/mol. The zero-order chi connectivity index (χ0) is 25.1. The summed E-state index contributed by atoms with van der Waals surface area (Å²) in [5.74, 6) is -1.51. The number of hydrogen-bond acceptors (Lipinski definition) is 8. The highest BCUT2D eigenvalue weighted by molar-refractivity contribution is 5.82. The molecule has 6 atom stereocenters. The van der Waals surface area contributed by atoms with Crippen molar-refractivity contribution in [2.45, 2.75) is 97.3 Å². The molecule has 2 bridgehead atoms. The molecule has 2 N–H and O–H groups in total. The average Bonchev–Trinajstić information content (AvgIpc) is 3.20. The Balaban J connectivity index is 1.94. The minimum atomic E-state index is -0.952. The van der Waals surface area contributed by atoms with Crippen LogP contribution in [0.1, 0.15) is 61.8 Å². The van der Waals surface area contributed by atoms with Crippen molar-refractivity contribution >= 4 is 24.1 Å². The molecular weight excluding hydrogens is 432 g/mol. The zero-order valence-corrected chi connectivity index (χ0v) is 20.6. The summed E-state index contributed by atoms with van der Waals surface area (Å²) < 4.78 is 21.6. The standard InChI is InChI=1S/C23H36N2O8/c1-12(24-20(28)32-22(3,4)5)18(26)30-16-14-9-10-15(11-14)17(16)31-19(27)13(2)25-21(29)33-23(6,7)8/h9-10,12-17H,11H2,1-8H3,(H,24,28)(H,25,29). The number of esters is 2. The fraction of sp³-hybridized carbons (Fsp3) is 0.739. The van der Waals surface area contributed by atoms with E-state index < -0.39 is 59.6 Å². The van der Waals surface area contributed by atoms with E-state index in [9.17, 15) is 19.2 Å². The van der Waals surface area contributed by atoms with Crippen LogP contribution >= 0.6 is 0 Å². The van der Waals surface area contributed by atoms with Gasteiger partial charge in [-0.25, -0.2) is 19.2 Å². The minimum absolute atomic E-state index is 0.0976. The fourth-order valence-electron chi connectivity index (χ4n) is 3.60. The maximum Gasteiger partial charge on any atom is 0.408 e. The molecule has 1 fully saturated rings. The highest BCUT2D eigenvalue weighted by Crippen LogP contribution is 2.43. The van der Waals surface area contributed by atoms with E-state index in [1.54, 1.807) is 41.5 Å². The quantitative estimate of drug-likeness (QED) is 0.346. The number of fused-ring (bicyclic) bond motifs is 2. The number of nitrogens with one attached hydrogen (secondary N) is 2. The van der Waals surface area contributed by atoms with Gasteiger partial charge in [0.15, 0.2) is 0 Å². The molecule has 2 amide bonds. The van der Waals surface area contributed by atoms with Gasteiger partial charge in [-0.2, -0.15) is 0 Å². The Morgan fingerprint density at radius 1 is 0.727 bits per heavy atom. The van der Waals surface area contributed by atoms with E-state index in [2.05, 4.69) is 10.6 Å². The third kappa shape index (κ3) is 7.94. The zero-order valence-electron chi connectivity index (χ0n) is 20.6. The van der Waals surface area contributed by atoms with Gasteiger partial charge >= 0.3 is 24.1 Å². The Kier molecular flexibility index (Phi) is 8.03. The van der Waals surface area contributed by atoms with Crippen LogP contribution in [0, 0.1) is 11.8 Å². The molecule has 6 unspecified atom stereocenters. The predicted octanol–water partition coefficient (Wildman–Crippen LogP) is 2.84. The second kappa shape index (κ2) is 10.0. The van der Waals surface area contributed by atoms with Gasteiger partial charge in [-0.3, -0.25) is 0 Å². The molecule has 1 saturated carbocycles. The molecule has 186 valence electrons. The minimum Gasteiger partial charge on any atom is -0.456 e. The van der Waals surface area contributed by atoms with Crippen LogP contribution in [0.25, 0.3) is 0 Å². The number of ether oxygens (including phenoxy) is 4. The van der Waals surface area contributed by atoms with Crippen LogP contribution in [0.2, 0.25) is 0 Å².